The van der Waals surface area contributed by atoms with E-state index >= 15 is 0 Å². The molecule has 59 heavy (non-hydrogen) atoms. The van der Waals surface area contributed by atoms with Crippen molar-refractivity contribution in [1.29, 1.82) is 0 Å². The van der Waals surface area contributed by atoms with Gasteiger partial charge in [0.05, 0.1) is 37.6 Å². The van der Waals surface area contributed by atoms with E-state index in [1.807, 2.05) is 0 Å². The average Bonchev–Trinajstić information content (AvgIpc) is 3.92. The summed E-state index contributed by atoms with van der Waals surface area (Å²) >= 11 is 3.24. The van der Waals surface area contributed by atoms with Gasteiger partial charge in [0.2, 0.25) is 0 Å². The van der Waals surface area contributed by atoms with Gasteiger partial charge in [-0.2, -0.15) is 0 Å². The lowest BCUT2D eigenvalue weighted by Crippen LogP contribution is -2.13. The molecule has 0 bridgehead atoms. The smallest absolute Gasteiger partial charge is 0.342 e. The SMILES string of the molecule is CCOC(=O)c1c(N=Cc2ccc(C=Nc3sc(Nc4ccc(C(=O)O)cc4)c(C(=O)OCC)c3C(=O)OCC)s2)sc(Nc2ccc(C(=O)O)cc2)c1C(=O)OCC. The highest BCUT2D eigenvalue weighted by atomic mass is 32.1. The minimum Gasteiger partial charge on any atom is -0.478 e. The third-order valence-electron chi connectivity index (χ3n) is 7.74. The predicted molar refractivity (Wildman–Crippen MR) is 225 cm³/mol. The molecule has 0 radical (unpaired) electrons. The molecule has 3 heterocycles. The molecule has 4 N–H and O–H groups in total. The number of nitrogens with zero attached hydrogens (tertiary/aromatic N) is 2. The molecule has 0 atom stereocenters. The van der Waals surface area contributed by atoms with Gasteiger partial charge in [-0.15, -0.1) is 11.3 Å². The lowest BCUT2D eigenvalue weighted by molar-refractivity contribution is 0.0481. The minimum atomic E-state index is -1.11. The highest BCUT2D eigenvalue weighted by molar-refractivity contribution is 7.21. The fourth-order valence-electron chi connectivity index (χ4n) is 5.18. The Labute approximate surface area is 348 Å². The Hall–Kier alpha value is -6.70. The van der Waals surface area contributed by atoms with Gasteiger partial charge in [0, 0.05) is 33.6 Å². The van der Waals surface area contributed by atoms with Crippen LogP contribution in [-0.4, -0.2) is 84.9 Å². The molecule has 0 saturated carbocycles. The second-order valence-electron chi connectivity index (χ2n) is 11.6. The van der Waals surface area contributed by atoms with Crippen molar-refractivity contribution in [1.82, 2.24) is 0 Å². The molecule has 0 aliphatic rings. The molecule has 0 fully saturated rings. The summed E-state index contributed by atoms with van der Waals surface area (Å²) in [5, 5.41) is 25.4. The Morgan fingerprint density at radius 2 is 0.831 bits per heavy atom. The molecule has 19 heteroatoms. The first-order chi connectivity index (χ1) is 28.4. The molecular formula is C40H36N4O12S3. The summed E-state index contributed by atoms with van der Waals surface area (Å²) in [5.41, 5.74) is 0.597. The van der Waals surface area contributed by atoms with Gasteiger partial charge in [-0.05, 0) is 88.4 Å². The zero-order valence-electron chi connectivity index (χ0n) is 31.9. The van der Waals surface area contributed by atoms with Crippen LogP contribution >= 0.6 is 34.0 Å². The van der Waals surface area contributed by atoms with Crippen LogP contribution in [-0.2, 0) is 18.9 Å². The number of ether oxygens (including phenoxy) is 4. The van der Waals surface area contributed by atoms with E-state index in [1.54, 1.807) is 39.8 Å². The minimum absolute atomic E-state index is 0.0218. The Morgan fingerprint density at radius 1 is 0.508 bits per heavy atom. The number of thiophene rings is 3. The number of benzene rings is 2. The van der Waals surface area contributed by atoms with Crippen LogP contribution in [0.5, 0.6) is 0 Å². The first-order valence-corrected chi connectivity index (χ1v) is 20.2. The van der Waals surface area contributed by atoms with Crippen LogP contribution in [0, 0.1) is 0 Å². The van der Waals surface area contributed by atoms with E-state index in [9.17, 15) is 39.0 Å². The number of carbonyl (C=O) groups excluding carboxylic acids is 4. The molecule has 3 aromatic heterocycles. The highest BCUT2D eigenvalue weighted by Gasteiger charge is 2.32. The highest BCUT2D eigenvalue weighted by Crippen LogP contribution is 2.44. The van der Waals surface area contributed by atoms with E-state index in [-0.39, 0.29) is 79.8 Å². The number of carboxylic acids is 2. The van der Waals surface area contributed by atoms with Crippen molar-refractivity contribution >= 4 is 114 Å². The van der Waals surface area contributed by atoms with Crippen LogP contribution in [0.1, 0.15) is 99.6 Å². The van der Waals surface area contributed by atoms with Crippen LogP contribution in [0.2, 0.25) is 0 Å². The monoisotopic (exact) mass is 860 g/mol. The van der Waals surface area contributed by atoms with E-state index in [1.165, 1.54) is 72.3 Å². The fraction of sp³-hybridized carbons (Fsp3) is 0.200. The quantitative estimate of drug-likeness (QED) is 0.0366. The summed E-state index contributed by atoms with van der Waals surface area (Å²) < 4.78 is 21.1. The second kappa shape index (κ2) is 20.1. The summed E-state index contributed by atoms with van der Waals surface area (Å²) in [4.78, 5) is 86.1. The summed E-state index contributed by atoms with van der Waals surface area (Å²) in [7, 11) is 0. The van der Waals surface area contributed by atoms with Crippen molar-refractivity contribution < 1.29 is 57.9 Å². The fourth-order valence-corrected chi connectivity index (χ4v) is 8.02. The van der Waals surface area contributed by atoms with Crippen LogP contribution < -0.4 is 10.6 Å². The summed E-state index contributed by atoms with van der Waals surface area (Å²) in [5.74, 6) is -5.38. The van der Waals surface area contributed by atoms with Crippen molar-refractivity contribution in [3.63, 3.8) is 0 Å². The van der Waals surface area contributed by atoms with E-state index in [0.29, 0.717) is 21.1 Å². The van der Waals surface area contributed by atoms with Crippen LogP contribution in [0.15, 0.2) is 70.6 Å². The molecule has 2 aromatic carbocycles. The molecule has 16 nitrogen and oxygen atoms in total. The van der Waals surface area contributed by atoms with Crippen molar-refractivity contribution in [3.05, 3.63) is 104 Å². The van der Waals surface area contributed by atoms with E-state index in [2.05, 4.69) is 20.6 Å². The molecule has 306 valence electrons. The van der Waals surface area contributed by atoms with Crippen molar-refractivity contribution in [2.24, 2.45) is 9.98 Å². The van der Waals surface area contributed by atoms with Gasteiger partial charge in [0.15, 0.2) is 0 Å². The number of carbonyl (C=O) groups is 6. The van der Waals surface area contributed by atoms with E-state index < -0.39 is 35.8 Å². The van der Waals surface area contributed by atoms with Gasteiger partial charge >= 0.3 is 35.8 Å². The largest absolute Gasteiger partial charge is 0.478 e. The lowest BCUT2D eigenvalue weighted by Gasteiger charge is -2.09. The molecule has 0 spiro atoms. The molecule has 5 rings (SSSR count). The maximum atomic E-state index is 13.3. The third kappa shape index (κ3) is 10.6. The van der Waals surface area contributed by atoms with Crippen molar-refractivity contribution in [2.45, 2.75) is 27.7 Å². The average molecular weight is 861 g/mol. The molecule has 0 amide bonds. The topological polar surface area (TPSA) is 229 Å². The number of esters is 4. The number of hydrogen-bond acceptors (Lipinski definition) is 17. The number of aliphatic imine (C=N–C) groups is 2. The Kier molecular flexibility index (Phi) is 14.8. The molecular weight excluding hydrogens is 825 g/mol. The zero-order chi connectivity index (χ0) is 42.6. The van der Waals surface area contributed by atoms with Gasteiger partial charge in [-0.25, -0.2) is 38.8 Å². The van der Waals surface area contributed by atoms with Gasteiger partial charge in [0.1, 0.15) is 42.3 Å². The number of anilines is 4. The number of aromatic carboxylic acids is 2. The van der Waals surface area contributed by atoms with Crippen molar-refractivity contribution in [2.75, 3.05) is 37.1 Å². The molecule has 0 saturated heterocycles. The van der Waals surface area contributed by atoms with Gasteiger partial charge < -0.3 is 39.8 Å². The Morgan fingerprint density at radius 3 is 1.14 bits per heavy atom. The lowest BCUT2D eigenvalue weighted by atomic mass is 10.1. The van der Waals surface area contributed by atoms with Crippen LogP contribution in [0.4, 0.5) is 31.4 Å². The normalized spacial score (nSPS) is 11.1. The first kappa shape index (κ1) is 43.4. The maximum absolute atomic E-state index is 13.3. The maximum Gasteiger partial charge on any atom is 0.342 e. The zero-order valence-corrected chi connectivity index (χ0v) is 34.3. The van der Waals surface area contributed by atoms with E-state index in [0.717, 1.165) is 22.7 Å². The van der Waals surface area contributed by atoms with Gasteiger partial charge in [-0.3, -0.25) is 0 Å². The molecule has 5 aromatic rings. The number of rotatable bonds is 18. The third-order valence-corrected chi connectivity index (χ3v) is 10.7. The first-order valence-electron chi connectivity index (χ1n) is 17.8. The predicted octanol–water partition coefficient (Wildman–Crippen LogP) is 8.96. The van der Waals surface area contributed by atoms with Crippen LogP contribution in [0.3, 0.4) is 0 Å². The summed E-state index contributed by atoms with van der Waals surface area (Å²) in [6, 6.07) is 15.1. The van der Waals surface area contributed by atoms with Crippen LogP contribution in [0.25, 0.3) is 0 Å². The molecule has 0 aliphatic heterocycles. The van der Waals surface area contributed by atoms with Gasteiger partial charge in [-0.1, -0.05) is 22.7 Å². The number of hydrogen-bond donors (Lipinski definition) is 4. The molecule has 0 unspecified atom stereocenters. The standard InChI is InChI=1S/C40H36N4O12S3/c1-5-53-37(49)27-29(39(51)55-7-3)33(43-23-13-9-21(10-14-23)35(45)46)58-31(27)41-19-25-17-18-26(57-25)20-42-32-28(38(50)54-6-2)30(40(52)56-8-4)34(59-32)44-24-15-11-22(12-16-24)36(47)48/h9-20,43-44H,5-8H2,1-4H3,(H,45,46)(H,47,48). The number of carboxylic acid groups (broad SMARTS) is 2. The van der Waals surface area contributed by atoms with Gasteiger partial charge in [0.25, 0.3) is 0 Å². The Balaban J connectivity index is 1.50. The van der Waals surface area contributed by atoms with E-state index in [4.69, 9.17) is 18.9 Å². The second-order valence-corrected chi connectivity index (χ2v) is 14.8. The van der Waals surface area contributed by atoms with Crippen molar-refractivity contribution in [3.8, 4) is 0 Å². The molecule has 0 aliphatic carbocycles. The Bertz CT molecular complexity index is 2260. The number of nitrogens with one attached hydrogen (secondary N) is 2. The summed E-state index contributed by atoms with van der Waals surface area (Å²) in [6.07, 6.45) is 2.98. The summed E-state index contributed by atoms with van der Waals surface area (Å²) in [6.45, 7) is 6.59.